The predicted molar refractivity (Wildman–Crippen MR) is 114 cm³/mol. The number of nitrogens with zero attached hydrogens (tertiary/aromatic N) is 2. The maximum atomic E-state index is 12.7. The van der Waals surface area contributed by atoms with Gasteiger partial charge in [-0.2, -0.15) is 0 Å². The zero-order chi connectivity index (χ0) is 22.1. The van der Waals surface area contributed by atoms with E-state index in [1.807, 2.05) is 24.3 Å². The molecule has 3 amide bonds. The van der Waals surface area contributed by atoms with E-state index in [1.54, 1.807) is 29.2 Å². The Bertz CT molecular complexity index is 1030. The average Bonchev–Trinajstić information content (AvgIpc) is 3.29. The molecule has 0 spiro atoms. The fraction of sp³-hybridized carbons (Fsp3) is 0.333. The van der Waals surface area contributed by atoms with E-state index in [0.29, 0.717) is 11.1 Å². The molecule has 0 aromatic heterocycles. The Morgan fingerprint density at radius 2 is 1.65 bits per heavy atom. The van der Waals surface area contributed by atoms with E-state index in [1.165, 1.54) is 0 Å². The van der Waals surface area contributed by atoms with Crippen LogP contribution in [0.1, 0.15) is 58.9 Å². The van der Waals surface area contributed by atoms with Gasteiger partial charge in [-0.1, -0.05) is 44.2 Å². The number of benzene rings is 2. The molecule has 4 rings (SSSR count). The van der Waals surface area contributed by atoms with Gasteiger partial charge in [0.15, 0.2) is 6.73 Å². The molecular weight excluding hydrogens is 396 g/mol. The summed E-state index contributed by atoms with van der Waals surface area (Å²) in [5.41, 5.74) is 2.48. The number of hydrogen-bond acceptors (Lipinski definition) is 5. The minimum Gasteiger partial charge on any atom is -0.443 e. The minimum atomic E-state index is -0.646. The van der Waals surface area contributed by atoms with Crippen LogP contribution >= 0.6 is 0 Å². The third kappa shape index (κ3) is 3.71. The molecular formula is C24H24N2O5. The summed E-state index contributed by atoms with van der Waals surface area (Å²) in [6.45, 7) is 3.95. The number of amides is 3. The van der Waals surface area contributed by atoms with Crippen LogP contribution in [0.3, 0.4) is 0 Å². The first kappa shape index (κ1) is 20.8. The Morgan fingerprint density at radius 3 is 2.29 bits per heavy atom. The summed E-state index contributed by atoms with van der Waals surface area (Å²) in [4.78, 5) is 52.7. The topological polar surface area (TPSA) is 84.0 Å². The van der Waals surface area contributed by atoms with Crippen molar-refractivity contribution in [2.45, 2.75) is 32.6 Å². The SMILES string of the molecule is CC[C@@H](C)c1ccccc1N1C[C@H](C(=O)OCN2C(=O)c3ccccc3C2=O)CC1=O. The van der Waals surface area contributed by atoms with Crippen LogP contribution < -0.4 is 4.90 Å². The van der Waals surface area contributed by atoms with Gasteiger partial charge in [0, 0.05) is 18.7 Å². The molecule has 2 aliphatic heterocycles. The summed E-state index contributed by atoms with van der Waals surface area (Å²) in [5, 5.41) is 0. The van der Waals surface area contributed by atoms with Gasteiger partial charge in [-0.3, -0.25) is 19.2 Å². The molecule has 1 fully saturated rings. The fourth-order valence-electron chi connectivity index (χ4n) is 4.07. The van der Waals surface area contributed by atoms with Crippen LogP contribution in [0.15, 0.2) is 48.5 Å². The molecule has 2 atom stereocenters. The Morgan fingerprint density at radius 1 is 1.03 bits per heavy atom. The van der Waals surface area contributed by atoms with Crippen molar-refractivity contribution >= 4 is 29.4 Å². The summed E-state index contributed by atoms with van der Waals surface area (Å²) in [5.74, 6) is -2.07. The molecule has 0 radical (unpaired) electrons. The van der Waals surface area contributed by atoms with E-state index in [9.17, 15) is 19.2 Å². The van der Waals surface area contributed by atoms with Crippen LogP contribution in [-0.4, -0.2) is 41.9 Å². The van der Waals surface area contributed by atoms with Crippen molar-refractivity contribution in [3.8, 4) is 0 Å². The third-order valence-corrected chi connectivity index (χ3v) is 6.04. The lowest BCUT2D eigenvalue weighted by Crippen LogP contribution is -2.35. The highest BCUT2D eigenvalue weighted by Crippen LogP contribution is 2.34. The number of para-hydroxylation sites is 1. The van der Waals surface area contributed by atoms with E-state index in [4.69, 9.17) is 4.74 Å². The van der Waals surface area contributed by atoms with Crippen molar-refractivity contribution in [2.24, 2.45) is 5.92 Å². The van der Waals surface area contributed by atoms with Crippen LogP contribution in [-0.2, 0) is 14.3 Å². The molecule has 7 nitrogen and oxygen atoms in total. The number of anilines is 1. The smallest absolute Gasteiger partial charge is 0.313 e. The molecule has 0 aliphatic carbocycles. The second-order valence-corrected chi connectivity index (χ2v) is 7.95. The number of rotatable bonds is 6. The fourth-order valence-corrected chi connectivity index (χ4v) is 4.07. The monoisotopic (exact) mass is 420 g/mol. The summed E-state index contributed by atoms with van der Waals surface area (Å²) in [6.07, 6.45) is 0.973. The number of esters is 1. The highest BCUT2D eigenvalue weighted by Gasteiger charge is 2.39. The molecule has 0 saturated carbocycles. The van der Waals surface area contributed by atoms with Gasteiger partial charge in [-0.05, 0) is 36.1 Å². The summed E-state index contributed by atoms with van der Waals surface area (Å²) >= 11 is 0. The van der Waals surface area contributed by atoms with E-state index in [-0.39, 0.29) is 24.8 Å². The van der Waals surface area contributed by atoms with E-state index in [0.717, 1.165) is 22.6 Å². The number of ether oxygens (including phenoxy) is 1. The zero-order valence-electron chi connectivity index (χ0n) is 17.5. The molecule has 2 aromatic carbocycles. The molecule has 2 heterocycles. The number of carbonyl (C=O) groups is 4. The van der Waals surface area contributed by atoms with Crippen molar-refractivity contribution in [2.75, 3.05) is 18.2 Å². The average molecular weight is 420 g/mol. The molecule has 31 heavy (non-hydrogen) atoms. The lowest BCUT2D eigenvalue weighted by molar-refractivity contribution is -0.151. The number of carbonyl (C=O) groups excluding carboxylic acids is 4. The second-order valence-electron chi connectivity index (χ2n) is 7.95. The van der Waals surface area contributed by atoms with Gasteiger partial charge in [0.2, 0.25) is 5.91 Å². The summed E-state index contributed by atoms with van der Waals surface area (Å²) < 4.78 is 5.28. The quantitative estimate of drug-likeness (QED) is 0.529. The Labute approximate surface area is 180 Å². The Kier molecular flexibility index (Phi) is 5.59. The van der Waals surface area contributed by atoms with Crippen molar-refractivity contribution in [3.63, 3.8) is 0 Å². The van der Waals surface area contributed by atoms with E-state index in [2.05, 4.69) is 13.8 Å². The van der Waals surface area contributed by atoms with Crippen molar-refractivity contribution < 1.29 is 23.9 Å². The van der Waals surface area contributed by atoms with Gasteiger partial charge in [-0.15, -0.1) is 0 Å². The molecule has 2 aliphatic rings. The van der Waals surface area contributed by atoms with Gasteiger partial charge in [-0.25, -0.2) is 4.90 Å². The highest BCUT2D eigenvalue weighted by molar-refractivity contribution is 6.21. The Hall–Kier alpha value is -3.48. The standard InChI is InChI=1S/C24H24N2O5/c1-3-15(2)17-8-6-7-11-20(17)25-13-16(12-21(25)27)24(30)31-14-26-22(28)18-9-4-5-10-19(18)23(26)29/h4-11,15-16H,3,12-14H2,1-2H3/t15-,16-/m1/s1. The van der Waals surface area contributed by atoms with Crippen molar-refractivity contribution in [1.29, 1.82) is 0 Å². The van der Waals surface area contributed by atoms with Gasteiger partial charge < -0.3 is 9.64 Å². The van der Waals surface area contributed by atoms with Crippen LogP contribution in [0.25, 0.3) is 0 Å². The molecule has 1 saturated heterocycles. The van der Waals surface area contributed by atoms with Crippen molar-refractivity contribution in [3.05, 3.63) is 65.2 Å². The second kappa shape index (κ2) is 8.34. The van der Waals surface area contributed by atoms with Crippen LogP contribution in [0, 0.1) is 5.92 Å². The highest BCUT2D eigenvalue weighted by atomic mass is 16.5. The van der Waals surface area contributed by atoms with Gasteiger partial charge >= 0.3 is 5.97 Å². The van der Waals surface area contributed by atoms with Gasteiger partial charge in [0.1, 0.15) is 0 Å². The molecule has 7 heteroatoms. The number of hydrogen-bond donors (Lipinski definition) is 0. The number of fused-ring (bicyclic) bond motifs is 1. The molecule has 0 N–H and O–H groups in total. The molecule has 0 bridgehead atoms. The van der Waals surface area contributed by atoms with Crippen molar-refractivity contribution in [1.82, 2.24) is 4.90 Å². The van der Waals surface area contributed by atoms with Crippen LogP contribution in [0.2, 0.25) is 0 Å². The third-order valence-electron chi connectivity index (χ3n) is 6.04. The zero-order valence-corrected chi connectivity index (χ0v) is 17.5. The lowest BCUT2D eigenvalue weighted by Gasteiger charge is -2.23. The first-order chi connectivity index (χ1) is 14.9. The predicted octanol–water partition coefficient (Wildman–Crippen LogP) is 3.35. The lowest BCUT2D eigenvalue weighted by atomic mass is 9.96. The van der Waals surface area contributed by atoms with Crippen LogP contribution in [0.5, 0.6) is 0 Å². The first-order valence-corrected chi connectivity index (χ1v) is 10.4. The normalized spacial score (nSPS) is 19.0. The molecule has 0 unspecified atom stereocenters. The minimum absolute atomic E-state index is 0.0375. The first-order valence-electron chi connectivity index (χ1n) is 10.4. The van der Waals surface area contributed by atoms with E-state index >= 15 is 0 Å². The Balaban J connectivity index is 1.42. The molecule has 160 valence electrons. The summed E-state index contributed by atoms with van der Waals surface area (Å²) in [6, 6.07) is 14.2. The maximum absolute atomic E-state index is 12.7. The maximum Gasteiger partial charge on any atom is 0.313 e. The van der Waals surface area contributed by atoms with Gasteiger partial charge in [0.25, 0.3) is 11.8 Å². The summed E-state index contributed by atoms with van der Waals surface area (Å²) in [7, 11) is 0. The molecule has 2 aromatic rings. The van der Waals surface area contributed by atoms with Gasteiger partial charge in [0.05, 0.1) is 17.0 Å². The van der Waals surface area contributed by atoms with Crippen LogP contribution in [0.4, 0.5) is 5.69 Å². The largest absolute Gasteiger partial charge is 0.443 e. The van der Waals surface area contributed by atoms with E-state index < -0.39 is 30.4 Å². The number of imide groups is 1.